The normalized spacial score (nSPS) is 33.4. The van der Waals surface area contributed by atoms with E-state index in [-0.39, 0.29) is 10.3 Å². The van der Waals surface area contributed by atoms with Gasteiger partial charge in [0.2, 0.25) is 14.8 Å². The minimum atomic E-state index is -2.52. The Hall–Kier alpha value is 3.19. The molecule has 16 heavy (non-hydrogen) atoms. The molecule has 0 amide bonds. The maximum atomic E-state index is 6.38. The Kier molecular flexibility index (Phi) is 6.80. The third kappa shape index (κ3) is 4.09. The lowest BCUT2D eigenvalue weighted by Crippen LogP contribution is -2.50. The van der Waals surface area contributed by atoms with Crippen LogP contribution in [0, 0.1) is 0 Å². The van der Waals surface area contributed by atoms with Crippen LogP contribution in [0.3, 0.4) is 0 Å². The number of rotatable bonds is 2. The first kappa shape index (κ1) is 17.2. The predicted octanol–water partition coefficient (Wildman–Crippen LogP) is 5.05. The number of hydrogen-bond donors (Lipinski definition) is 0. The van der Waals surface area contributed by atoms with E-state index in [9.17, 15) is 0 Å². The van der Waals surface area contributed by atoms with Crippen molar-refractivity contribution in [1.29, 1.82) is 0 Å². The Morgan fingerprint density at radius 1 is 0.688 bits per heavy atom. The van der Waals surface area contributed by atoms with Crippen LogP contribution in [0.2, 0.25) is 22.4 Å². The largest absolute Gasteiger partial charge is 0.253 e. The second kappa shape index (κ2) is 6.31. The molecule has 1 aliphatic rings. The van der Waals surface area contributed by atoms with Gasteiger partial charge < -0.3 is 0 Å². The summed E-state index contributed by atoms with van der Waals surface area (Å²) in [5.41, 5.74) is 0. The van der Waals surface area contributed by atoms with Gasteiger partial charge in [-0.05, 0) is 12.1 Å². The SMILES string of the molecule is Cl[SiH](Cl)C1C[Si](Cl)(Cl)C([SiH](Cl)Cl)C[Si]1(Cl)Cl. The van der Waals surface area contributed by atoms with Crippen LogP contribution in [-0.4, -0.2) is 28.2 Å². The molecule has 96 valence electrons. The quantitative estimate of drug-likeness (QED) is 0.407. The Bertz CT molecular complexity index is 230. The van der Waals surface area contributed by atoms with Gasteiger partial charge in [-0.1, -0.05) is 0 Å². The highest BCUT2D eigenvalue weighted by molar-refractivity contribution is 7.59. The van der Waals surface area contributed by atoms with E-state index in [1.54, 1.807) is 0 Å². The molecule has 1 saturated heterocycles. The van der Waals surface area contributed by atoms with Crippen molar-refractivity contribution in [3.05, 3.63) is 0 Å². The van der Waals surface area contributed by atoms with Crippen molar-refractivity contribution in [2.75, 3.05) is 0 Å². The molecule has 1 fully saturated rings. The molecule has 12 heteroatoms. The molecule has 0 aliphatic carbocycles. The lowest BCUT2D eigenvalue weighted by molar-refractivity contribution is 1.10. The summed E-state index contributed by atoms with van der Waals surface area (Å²) in [7, 11) is -3.96. The Labute approximate surface area is 138 Å². The van der Waals surface area contributed by atoms with E-state index in [1.165, 1.54) is 0 Å². The second-order valence-corrected chi connectivity index (χ2v) is 29.7. The fraction of sp³-hybridized carbons (Fsp3) is 1.00. The van der Waals surface area contributed by atoms with Crippen LogP contribution in [0.1, 0.15) is 0 Å². The standard InChI is InChI=1S/C4H8Cl8Si4/c5-13(6)3-1-15(9,10)4(14(7)8)2-16(3,11)12/h3-4,13-14H,1-2H2. The maximum absolute atomic E-state index is 6.38. The van der Waals surface area contributed by atoms with Crippen molar-refractivity contribution < 1.29 is 0 Å². The maximum Gasteiger partial charge on any atom is 0.253 e. The van der Waals surface area contributed by atoms with Crippen molar-refractivity contribution in [2.45, 2.75) is 22.4 Å². The van der Waals surface area contributed by atoms with E-state index in [4.69, 9.17) is 88.6 Å². The average Bonchev–Trinajstić information content (AvgIpc) is 2.08. The average molecular weight is 452 g/mol. The fourth-order valence-electron chi connectivity index (χ4n) is 1.73. The second-order valence-electron chi connectivity index (χ2n) is 3.81. The molecule has 0 aromatic heterocycles. The topological polar surface area (TPSA) is 0 Å². The predicted molar refractivity (Wildman–Crippen MR) is 89.7 cm³/mol. The van der Waals surface area contributed by atoms with Gasteiger partial charge in [0.05, 0.1) is 0 Å². The molecule has 0 radical (unpaired) electrons. The zero-order valence-electron chi connectivity index (χ0n) is 7.75. The van der Waals surface area contributed by atoms with E-state index in [1.807, 2.05) is 0 Å². The number of halogens is 8. The van der Waals surface area contributed by atoms with Gasteiger partial charge in [0.1, 0.15) is 0 Å². The summed E-state index contributed by atoms with van der Waals surface area (Å²) in [5.74, 6) is 0. The summed E-state index contributed by atoms with van der Waals surface area (Å²) in [5, 5.41) is -0.142. The minimum absolute atomic E-state index is 0.0711. The van der Waals surface area contributed by atoms with Crippen LogP contribution >= 0.6 is 88.6 Å². The molecular weight excluding hydrogens is 444 g/mol. The van der Waals surface area contributed by atoms with Crippen LogP contribution in [0.4, 0.5) is 0 Å². The molecule has 1 heterocycles. The molecular formula is C4H8Cl8Si4. The Morgan fingerprint density at radius 2 is 0.938 bits per heavy atom. The molecule has 0 saturated carbocycles. The van der Waals surface area contributed by atoms with Gasteiger partial charge in [0.25, 0.3) is 13.4 Å². The van der Waals surface area contributed by atoms with Crippen molar-refractivity contribution in [3.8, 4) is 0 Å². The minimum Gasteiger partial charge on any atom is -0.150 e. The molecule has 0 aromatic rings. The molecule has 0 aromatic carbocycles. The highest BCUT2D eigenvalue weighted by Gasteiger charge is 2.59. The van der Waals surface area contributed by atoms with Crippen LogP contribution in [-0.2, 0) is 0 Å². The van der Waals surface area contributed by atoms with Crippen LogP contribution in [0.5, 0.6) is 0 Å². The summed E-state index contributed by atoms with van der Waals surface area (Å²) < 4.78 is 0. The van der Waals surface area contributed by atoms with Gasteiger partial charge in [0.15, 0.2) is 0 Å². The highest BCUT2D eigenvalue weighted by atomic mass is 35.7. The summed E-state index contributed by atoms with van der Waals surface area (Å²) >= 11 is 49.6. The van der Waals surface area contributed by atoms with E-state index >= 15 is 0 Å². The van der Waals surface area contributed by atoms with Crippen molar-refractivity contribution in [1.82, 2.24) is 0 Å². The zero-order chi connectivity index (χ0) is 12.7. The van der Waals surface area contributed by atoms with Gasteiger partial charge in [-0.15, -0.1) is 44.3 Å². The summed E-state index contributed by atoms with van der Waals surface area (Å²) in [4.78, 5) is 0. The Morgan fingerprint density at radius 3 is 1.12 bits per heavy atom. The van der Waals surface area contributed by atoms with Gasteiger partial charge in [-0.25, -0.2) is 0 Å². The van der Waals surface area contributed by atoms with Gasteiger partial charge in [0, 0.05) is 10.3 Å². The third-order valence-electron chi connectivity index (χ3n) is 2.68. The smallest absolute Gasteiger partial charge is 0.150 e. The first-order chi connectivity index (χ1) is 7.08. The van der Waals surface area contributed by atoms with Crippen LogP contribution in [0.15, 0.2) is 0 Å². The van der Waals surface area contributed by atoms with Crippen LogP contribution < -0.4 is 0 Å². The lowest BCUT2D eigenvalue weighted by Gasteiger charge is -2.42. The van der Waals surface area contributed by atoms with E-state index < -0.39 is 28.2 Å². The van der Waals surface area contributed by atoms with Crippen LogP contribution in [0.25, 0.3) is 0 Å². The van der Waals surface area contributed by atoms with E-state index in [0.29, 0.717) is 12.1 Å². The molecule has 0 N–H and O–H groups in total. The van der Waals surface area contributed by atoms with E-state index in [0.717, 1.165) is 0 Å². The first-order valence-corrected chi connectivity index (χ1v) is 21.3. The highest BCUT2D eigenvalue weighted by Crippen LogP contribution is 2.58. The molecule has 2 unspecified atom stereocenters. The Balaban J connectivity index is 2.94. The number of hydrogen-bond acceptors (Lipinski definition) is 0. The molecule has 2 atom stereocenters. The van der Waals surface area contributed by atoms with Gasteiger partial charge in [-0.3, -0.25) is 0 Å². The van der Waals surface area contributed by atoms with Crippen molar-refractivity contribution in [2.24, 2.45) is 0 Å². The van der Waals surface area contributed by atoms with Crippen molar-refractivity contribution in [3.63, 3.8) is 0 Å². The molecule has 1 rings (SSSR count). The molecule has 1 aliphatic heterocycles. The molecule has 0 bridgehead atoms. The van der Waals surface area contributed by atoms with Crippen molar-refractivity contribution >= 4 is 117 Å². The monoisotopic (exact) mass is 448 g/mol. The van der Waals surface area contributed by atoms with Gasteiger partial charge in [-0.2, -0.15) is 44.3 Å². The summed E-state index contributed by atoms with van der Waals surface area (Å²) in [6, 6.07) is 1.07. The van der Waals surface area contributed by atoms with Gasteiger partial charge >= 0.3 is 0 Å². The first-order valence-electron chi connectivity index (χ1n) is 4.40. The molecule has 0 spiro atoms. The molecule has 0 nitrogen and oxygen atoms in total. The van der Waals surface area contributed by atoms with E-state index in [2.05, 4.69) is 0 Å². The fourth-order valence-corrected chi connectivity index (χ4v) is 43.5. The summed E-state index contributed by atoms with van der Waals surface area (Å²) in [6.45, 7) is -5.05. The third-order valence-corrected chi connectivity index (χ3v) is 30.0. The zero-order valence-corrected chi connectivity index (χ0v) is 18.1. The summed E-state index contributed by atoms with van der Waals surface area (Å²) in [6.07, 6.45) is 0. The lowest BCUT2D eigenvalue weighted by atomic mass is 10.9.